The fraction of sp³-hybridized carbons (Fsp3) is 0.417. The predicted octanol–water partition coefficient (Wildman–Crippen LogP) is 0.919. The van der Waals surface area contributed by atoms with Crippen molar-refractivity contribution in [2.75, 3.05) is 13.2 Å². The number of amides is 1. The van der Waals surface area contributed by atoms with Gasteiger partial charge in [-0.3, -0.25) is 4.79 Å². The minimum Gasteiger partial charge on any atom is -0.484 e. The summed E-state index contributed by atoms with van der Waals surface area (Å²) in [6.07, 6.45) is 0.827. The molecule has 16 heavy (non-hydrogen) atoms. The Labute approximate surface area is 95.8 Å². The number of carbonyl (C=O) groups is 1. The Balaban J connectivity index is 2.30. The molecule has 4 heteroatoms. The number of hydrogen-bond acceptors (Lipinski definition) is 3. The number of para-hydroxylation sites is 1. The van der Waals surface area contributed by atoms with Crippen molar-refractivity contribution in [1.82, 2.24) is 5.32 Å². The minimum absolute atomic E-state index is 0.0283. The summed E-state index contributed by atoms with van der Waals surface area (Å²) >= 11 is 0. The summed E-state index contributed by atoms with van der Waals surface area (Å²) in [6, 6.07) is 9.28. The van der Waals surface area contributed by atoms with Crippen LogP contribution in [0.15, 0.2) is 30.3 Å². The Morgan fingerprint density at radius 2 is 2.12 bits per heavy atom. The molecule has 1 atom stereocenters. The molecule has 1 unspecified atom stereocenters. The van der Waals surface area contributed by atoms with Crippen LogP contribution >= 0.6 is 0 Å². The molecular formula is C12H18N2O2. The number of carbonyl (C=O) groups excluding carboxylic acids is 1. The summed E-state index contributed by atoms with van der Waals surface area (Å²) in [5.41, 5.74) is 5.48. The molecule has 0 spiro atoms. The van der Waals surface area contributed by atoms with E-state index < -0.39 is 0 Å². The largest absolute Gasteiger partial charge is 0.484 e. The average molecular weight is 222 g/mol. The SMILES string of the molecule is CCC(CN)NC(=O)COc1ccccc1. The molecule has 0 saturated carbocycles. The molecule has 0 aromatic heterocycles. The van der Waals surface area contributed by atoms with E-state index in [1.165, 1.54) is 0 Å². The molecule has 0 aliphatic rings. The molecule has 4 nitrogen and oxygen atoms in total. The lowest BCUT2D eigenvalue weighted by molar-refractivity contribution is -0.123. The third kappa shape index (κ3) is 4.31. The summed E-state index contributed by atoms with van der Waals surface area (Å²) in [6.45, 7) is 2.46. The summed E-state index contributed by atoms with van der Waals surface area (Å²) in [4.78, 5) is 11.5. The van der Waals surface area contributed by atoms with Crippen LogP contribution in [0.4, 0.5) is 0 Å². The van der Waals surface area contributed by atoms with Gasteiger partial charge in [0.1, 0.15) is 5.75 Å². The van der Waals surface area contributed by atoms with E-state index >= 15 is 0 Å². The highest BCUT2D eigenvalue weighted by Gasteiger charge is 2.08. The van der Waals surface area contributed by atoms with Gasteiger partial charge in [0.2, 0.25) is 0 Å². The van der Waals surface area contributed by atoms with Gasteiger partial charge in [-0.1, -0.05) is 25.1 Å². The van der Waals surface area contributed by atoms with E-state index in [1.54, 1.807) is 0 Å². The molecule has 0 fully saturated rings. The molecule has 0 radical (unpaired) electrons. The molecule has 1 aromatic carbocycles. The van der Waals surface area contributed by atoms with Gasteiger partial charge in [-0.05, 0) is 18.6 Å². The van der Waals surface area contributed by atoms with Crippen LogP contribution in [-0.4, -0.2) is 25.1 Å². The highest BCUT2D eigenvalue weighted by Crippen LogP contribution is 2.07. The van der Waals surface area contributed by atoms with Crippen molar-refractivity contribution in [3.05, 3.63) is 30.3 Å². The number of rotatable bonds is 6. The van der Waals surface area contributed by atoms with Crippen molar-refractivity contribution in [1.29, 1.82) is 0 Å². The number of benzene rings is 1. The maximum absolute atomic E-state index is 11.5. The van der Waals surface area contributed by atoms with E-state index in [1.807, 2.05) is 37.3 Å². The normalized spacial score (nSPS) is 11.9. The van der Waals surface area contributed by atoms with Crippen molar-refractivity contribution in [2.24, 2.45) is 5.73 Å². The van der Waals surface area contributed by atoms with Crippen LogP contribution in [0.2, 0.25) is 0 Å². The monoisotopic (exact) mass is 222 g/mol. The molecule has 0 bridgehead atoms. The minimum atomic E-state index is -0.138. The molecule has 0 heterocycles. The second kappa shape index (κ2) is 6.85. The van der Waals surface area contributed by atoms with Gasteiger partial charge < -0.3 is 15.8 Å². The highest BCUT2D eigenvalue weighted by molar-refractivity contribution is 5.77. The molecule has 0 aliphatic heterocycles. The van der Waals surface area contributed by atoms with E-state index in [9.17, 15) is 4.79 Å². The molecule has 3 N–H and O–H groups in total. The molecule has 88 valence electrons. The summed E-state index contributed by atoms with van der Waals surface area (Å²) in [7, 11) is 0. The van der Waals surface area contributed by atoms with E-state index in [0.29, 0.717) is 12.3 Å². The fourth-order valence-corrected chi connectivity index (χ4v) is 1.26. The Hall–Kier alpha value is -1.55. The molecule has 1 rings (SSSR count). The second-order valence-corrected chi connectivity index (χ2v) is 3.51. The zero-order chi connectivity index (χ0) is 11.8. The predicted molar refractivity (Wildman–Crippen MR) is 63.2 cm³/mol. The van der Waals surface area contributed by atoms with Crippen LogP contribution in [-0.2, 0) is 4.79 Å². The van der Waals surface area contributed by atoms with Crippen LogP contribution in [0.1, 0.15) is 13.3 Å². The lowest BCUT2D eigenvalue weighted by Crippen LogP contribution is -2.41. The lowest BCUT2D eigenvalue weighted by atomic mass is 10.2. The van der Waals surface area contributed by atoms with Gasteiger partial charge in [0.15, 0.2) is 6.61 Å². The topological polar surface area (TPSA) is 64.3 Å². The van der Waals surface area contributed by atoms with Crippen molar-refractivity contribution in [3.63, 3.8) is 0 Å². The lowest BCUT2D eigenvalue weighted by Gasteiger charge is -2.14. The van der Waals surface area contributed by atoms with Gasteiger partial charge in [0.05, 0.1) is 0 Å². The zero-order valence-corrected chi connectivity index (χ0v) is 9.48. The Morgan fingerprint density at radius 3 is 2.69 bits per heavy atom. The first kappa shape index (κ1) is 12.5. The van der Waals surface area contributed by atoms with E-state index in [-0.39, 0.29) is 18.6 Å². The van der Waals surface area contributed by atoms with Gasteiger partial charge in [-0.25, -0.2) is 0 Å². The van der Waals surface area contributed by atoms with Crippen molar-refractivity contribution < 1.29 is 9.53 Å². The van der Waals surface area contributed by atoms with Gasteiger partial charge in [0, 0.05) is 12.6 Å². The van der Waals surface area contributed by atoms with Crippen LogP contribution in [0.5, 0.6) is 5.75 Å². The molecule has 0 aliphatic carbocycles. The first-order valence-electron chi connectivity index (χ1n) is 5.43. The average Bonchev–Trinajstić information content (AvgIpc) is 2.34. The quantitative estimate of drug-likeness (QED) is 0.752. The number of ether oxygens (including phenoxy) is 1. The second-order valence-electron chi connectivity index (χ2n) is 3.51. The van der Waals surface area contributed by atoms with Crippen LogP contribution in [0.25, 0.3) is 0 Å². The summed E-state index contributed by atoms with van der Waals surface area (Å²) < 4.78 is 5.30. The summed E-state index contributed by atoms with van der Waals surface area (Å²) in [5, 5.41) is 2.80. The van der Waals surface area contributed by atoms with Gasteiger partial charge in [-0.2, -0.15) is 0 Å². The number of nitrogens with one attached hydrogen (secondary N) is 1. The fourth-order valence-electron chi connectivity index (χ4n) is 1.26. The number of nitrogens with two attached hydrogens (primary N) is 1. The standard InChI is InChI=1S/C12H18N2O2/c1-2-10(8-13)14-12(15)9-16-11-6-4-3-5-7-11/h3-7,10H,2,8-9,13H2,1H3,(H,14,15). The van der Waals surface area contributed by atoms with E-state index in [2.05, 4.69) is 5.32 Å². The maximum atomic E-state index is 11.5. The van der Waals surface area contributed by atoms with E-state index in [0.717, 1.165) is 6.42 Å². The van der Waals surface area contributed by atoms with Gasteiger partial charge in [0.25, 0.3) is 5.91 Å². The van der Waals surface area contributed by atoms with Crippen molar-refractivity contribution >= 4 is 5.91 Å². The highest BCUT2D eigenvalue weighted by atomic mass is 16.5. The third-order valence-corrected chi connectivity index (χ3v) is 2.26. The Morgan fingerprint density at radius 1 is 1.44 bits per heavy atom. The first-order valence-corrected chi connectivity index (χ1v) is 5.43. The molecule has 0 saturated heterocycles. The zero-order valence-electron chi connectivity index (χ0n) is 9.48. The summed E-state index contributed by atoms with van der Waals surface area (Å²) in [5.74, 6) is 0.555. The Kier molecular flexibility index (Phi) is 5.36. The van der Waals surface area contributed by atoms with Crippen LogP contribution in [0.3, 0.4) is 0 Å². The first-order chi connectivity index (χ1) is 7.76. The van der Waals surface area contributed by atoms with Gasteiger partial charge in [-0.15, -0.1) is 0 Å². The smallest absolute Gasteiger partial charge is 0.258 e. The van der Waals surface area contributed by atoms with Crippen molar-refractivity contribution in [3.8, 4) is 5.75 Å². The van der Waals surface area contributed by atoms with Crippen molar-refractivity contribution in [2.45, 2.75) is 19.4 Å². The molecular weight excluding hydrogens is 204 g/mol. The van der Waals surface area contributed by atoms with Crippen LogP contribution < -0.4 is 15.8 Å². The third-order valence-electron chi connectivity index (χ3n) is 2.26. The van der Waals surface area contributed by atoms with Crippen LogP contribution in [0, 0.1) is 0 Å². The molecule has 1 aromatic rings. The Bertz CT molecular complexity index is 310. The molecule has 1 amide bonds. The van der Waals surface area contributed by atoms with Gasteiger partial charge >= 0.3 is 0 Å². The maximum Gasteiger partial charge on any atom is 0.258 e. The van der Waals surface area contributed by atoms with E-state index in [4.69, 9.17) is 10.5 Å². The number of hydrogen-bond donors (Lipinski definition) is 2.